The summed E-state index contributed by atoms with van der Waals surface area (Å²) in [7, 11) is 4.43. The molecule has 0 unspecified atom stereocenters. The van der Waals surface area contributed by atoms with Crippen molar-refractivity contribution in [1.82, 2.24) is 4.90 Å². The van der Waals surface area contributed by atoms with Crippen LogP contribution in [0.3, 0.4) is 0 Å². The van der Waals surface area contributed by atoms with Crippen LogP contribution < -0.4 is 0 Å². The Kier molecular flexibility index (Phi) is 5.55. The fourth-order valence-electron chi connectivity index (χ4n) is 2.17. The van der Waals surface area contributed by atoms with E-state index in [1.807, 2.05) is 49.9 Å². The Bertz CT molecular complexity index is 417. The van der Waals surface area contributed by atoms with E-state index in [4.69, 9.17) is 0 Å². The average molecular weight is 263 g/mol. The molecule has 1 aromatic rings. The molecule has 1 heterocycles. The number of nitrogens with zero attached hydrogens (tertiary/aromatic N) is 2. The first-order chi connectivity index (χ1) is 8.98. The molecule has 1 amide bonds. The van der Waals surface area contributed by atoms with Gasteiger partial charge in [0.05, 0.1) is 40.3 Å². The van der Waals surface area contributed by atoms with E-state index in [1.165, 1.54) is 0 Å². The van der Waals surface area contributed by atoms with E-state index in [0.29, 0.717) is 0 Å². The fourth-order valence-corrected chi connectivity index (χ4v) is 2.17. The standard InChI is InChI=1S/C14H21N2O.C2H6/c1-12-5-4-6-13(11-12)14(17)15-7-9-16(2,3)10-8-15;1-2/h4-6,11H,7-10H2,1-3H3;1-2H3/q+1;. The molecule has 0 aromatic heterocycles. The lowest BCUT2D eigenvalue weighted by Gasteiger charge is -2.39. The van der Waals surface area contributed by atoms with Gasteiger partial charge in [-0.3, -0.25) is 4.79 Å². The molecule has 0 N–H and O–H groups in total. The molecule has 1 aliphatic heterocycles. The minimum atomic E-state index is 0.174. The van der Waals surface area contributed by atoms with E-state index in [0.717, 1.165) is 41.8 Å². The summed E-state index contributed by atoms with van der Waals surface area (Å²) in [5.41, 5.74) is 1.96. The number of quaternary nitrogens is 1. The van der Waals surface area contributed by atoms with Gasteiger partial charge in [-0.05, 0) is 19.1 Å². The summed E-state index contributed by atoms with van der Waals surface area (Å²) in [4.78, 5) is 14.3. The van der Waals surface area contributed by atoms with Crippen molar-refractivity contribution >= 4 is 5.91 Å². The van der Waals surface area contributed by atoms with Crippen LogP contribution in [-0.4, -0.2) is 55.6 Å². The Balaban J connectivity index is 0.000000861. The normalized spacial score (nSPS) is 17.4. The molecular formula is C16H27N2O+. The number of carbonyl (C=O) groups excluding carboxylic acids is 1. The van der Waals surface area contributed by atoms with E-state index >= 15 is 0 Å². The maximum absolute atomic E-state index is 12.3. The Labute approximate surface area is 117 Å². The number of likely N-dealkylation sites (N-methyl/N-ethyl adjacent to an activating group) is 1. The van der Waals surface area contributed by atoms with Crippen molar-refractivity contribution in [1.29, 1.82) is 0 Å². The molecule has 0 spiro atoms. The second-order valence-corrected chi connectivity index (χ2v) is 5.54. The summed E-state index contributed by atoms with van der Waals surface area (Å²) in [6.45, 7) is 9.82. The van der Waals surface area contributed by atoms with Crippen LogP contribution in [0.15, 0.2) is 24.3 Å². The van der Waals surface area contributed by atoms with Crippen molar-refractivity contribution in [3.63, 3.8) is 0 Å². The highest BCUT2D eigenvalue weighted by atomic mass is 16.2. The van der Waals surface area contributed by atoms with E-state index < -0.39 is 0 Å². The van der Waals surface area contributed by atoms with Crippen LogP contribution in [0, 0.1) is 6.92 Å². The molecule has 0 bridgehead atoms. The molecule has 2 rings (SSSR count). The van der Waals surface area contributed by atoms with Gasteiger partial charge in [-0.1, -0.05) is 31.5 Å². The third kappa shape index (κ3) is 4.35. The lowest BCUT2D eigenvalue weighted by Crippen LogP contribution is -2.56. The van der Waals surface area contributed by atoms with Gasteiger partial charge in [-0.25, -0.2) is 0 Å². The Morgan fingerprint density at radius 1 is 1.16 bits per heavy atom. The third-order valence-electron chi connectivity index (χ3n) is 3.50. The third-order valence-corrected chi connectivity index (χ3v) is 3.50. The lowest BCUT2D eigenvalue weighted by atomic mass is 10.1. The molecule has 0 aliphatic carbocycles. The second kappa shape index (κ2) is 6.71. The number of hydrogen-bond donors (Lipinski definition) is 0. The summed E-state index contributed by atoms with van der Waals surface area (Å²) in [5.74, 6) is 0.174. The van der Waals surface area contributed by atoms with Crippen molar-refractivity contribution in [2.75, 3.05) is 40.3 Å². The van der Waals surface area contributed by atoms with Crippen LogP contribution in [0.2, 0.25) is 0 Å². The SMILES string of the molecule is CC.Cc1cccc(C(=O)N2CC[N+](C)(C)CC2)c1. The quantitative estimate of drug-likeness (QED) is 0.713. The van der Waals surface area contributed by atoms with Crippen LogP contribution >= 0.6 is 0 Å². The zero-order valence-electron chi connectivity index (χ0n) is 12.9. The number of amides is 1. The molecule has 0 radical (unpaired) electrons. The molecular weight excluding hydrogens is 236 g/mol. The molecule has 3 heteroatoms. The summed E-state index contributed by atoms with van der Waals surface area (Å²) < 4.78 is 1.01. The second-order valence-electron chi connectivity index (χ2n) is 5.54. The molecule has 1 aromatic carbocycles. The first kappa shape index (κ1) is 15.7. The fraction of sp³-hybridized carbons (Fsp3) is 0.562. The van der Waals surface area contributed by atoms with E-state index in [1.54, 1.807) is 0 Å². The molecule has 106 valence electrons. The summed E-state index contributed by atoms with van der Waals surface area (Å²) in [6, 6.07) is 7.85. The molecule has 0 atom stereocenters. The first-order valence-electron chi connectivity index (χ1n) is 7.16. The van der Waals surface area contributed by atoms with Crippen LogP contribution in [0.4, 0.5) is 0 Å². The van der Waals surface area contributed by atoms with Gasteiger partial charge in [0.15, 0.2) is 0 Å². The average Bonchev–Trinajstić information content (AvgIpc) is 2.40. The van der Waals surface area contributed by atoms with Gasteiger partial charge in [-0.15, -0.1) is 0 Å². The van der Waals surface area contributed by atoms with E-state index in [2.05, 4.69) is 14.1 Å². The topological polar surface area (TPSA) is 20.3 Å². The van der Waals surface area contributed by atoms with Gasteiger partial charge in [0.2, 0.25) is 0 Å². The van der Waals surface area contributed by atoms with Crippen molar-refractivity contribution < 1.29 is 9.28 Å². The number of rotatable bonds is 1. The van der Waals surface area contributed by atoms with Crippen LogP contribution in [0.1, 0.15) is 29.8 Å². The predicted molar refractivity (Wildman–Crippen MR) is 80.3 cm³/mol. The Hall–Kier alpha value is -1.35. The number of hydrogen-bond acceptors (Lipinski definition) is 1. The van der Waals surface area contributed by atoms with Gasteiger partial charge in [-0.2, -0.15) is 0 Å². The van der Waals surface area contributed by atoms with Crippen molar-refractivity contribution in [3.05, 3.63) is 35.4 Å². The van der Waals surface area contributed by atoms with Crippen LogP contribution in [0.5, 0.6) is 0 Å². The van der Waals surface area contributed by atoms with Crippen molar-refractivity contribution in [2.24, 2.45) is 0 Å². The maximum Gasteiger partial charge on any atom is 0.254 e. The minimum Gasteiger partial charge on any atom is -0.327 e. The Morgan fingerprint density at radius 3 is 2.26 bits per heavy atom. The van der Waals surface area contributed by atoms with E-state index in [-0.39, 0.29) is 5.91 Å². The smallest absolute Gasteiger partial charge is 0.254 e. The number of benzene rings is 1. The number of carbonyl (C=O) groups is 1. The first-order valence-corrected chi connectivity index (χ1v) is 7.16. The summed E-state index contributed by atoms with van der Waals surface area (Å²) in [5, 5.41) is 0. The highest BCUT2D eigenvalue weighted by molar-refractivity contribution is 5.94. The molecule has 1 saturated heterocycles. The molecule has 0 saturated carbocycles. The monoisotopic (exact) mass is 263 g/mol. The number of aryl methyl sites for hydroxylation is 1. The van der Waals surface area contributed by atoms with Crippen LogP contribution in [-0.2, 0) is 0 Å². The zero-order valence-corrected chi connectivity index (χ0v) is 12.9. The van der Waals surface area contributed by atoms with E-state index in [9.17, 15) is 4.79 Å². The lowest BCUT2D eigenvalue weighted by molar-refractivity contribution is -0.894. The van der Waals surface area contributed by atoms with Crippen molar-refractivity contribution in [3.8, 4) is 0 Å². The van der Waals surface area contributed by atoms with Gasteiger partial charge in [0.25, 0.3) is 5.91 Å². The van der Waals surface area contributed by atoms with Crippen LogP contribution in [0.25, 0.3) is 0 Å². The van der Waals surface area contributed by atoms with Gasteiger partial charge in [0.1, 0.15) is 0 Å². The molecule has 19 heavy (non-hydrogen) atoms. The molecule has 3 nitrogen and oxygen atoms in total. The number of piperazine rings is 1. The highest BCUT2D eigenvalue weighted by Gasteiger charge is 2.27. The molecule has 1 fully saturated rings. The maximum atomic E-state index is 12.3. The van der Waals surface area contributed by atoms with Gasteiger partial charge in [0, 0.05) is 5.56 Å². The van der Waals surface area contributed by atoms with Crippen molar-refractivity contribution in [2.45, 2.75) is 20.8 Å². The largest absolute Gasteiger partial charge is 0.327 e. The highest BCUT2D eigenvalue weighted by Crippen LogP contribution is 2.12. The summed E-state index contributed by atoms with van der Waals surface area (Å²) in [6.07, 6.45) is 0. The Morgan fingerprint density at radius 2 is 1.74 bits per heavy atom. The van der Waals surface area contributed by atoms with Gasteiger partial charge < -0.3 is 9.38 Å². The molecule has 1 aliphatic rings. The summed E-state index contributed by atoms with van der Waals surface area (Å²) >= 11 is 0. The zero-order chi connectivity index (χ0) is 14.5. The van der Waals surface area contributed by atoms with Gasteiger partial charge >= 0.3 is 0 Å². The minimum absolute atomic E-state index is 0.174. The predicted octanol–water partition coefficient (Wildman–Crippen LogP) is 2.55.